The van der Waals surface area contributed by atoms with Crippen LogP contribution < -0.4 is 11.5 Å². The van der Waals surface area contributed by atoms with Gasteiger partial charge in [-0.05, 0) is 91.8 Å². The fraction of sp³-hybridized carbons (Fsp3) is 0.818. The Morgan fingerprint density at radius 2 is 1.75 bits per heavy atom. The van der Waals surface area contributed by atoms with Gasteiger partial charge in [-0.3, -0.25) is 10.2 Å². The first-order valence-electron chi connectivity index (χ1n) is 16.4. The van der Waals surface area contributed by atoms with E-state index in [-0.39, 0.29) is 24.7 Å². The second-order valence-corrected chi connectivity index (χ2v) is 14.8. The Hall–Kier alpha value is -2.50. The van der Waals surface area contributed by atoms with E-state index in [1.807, 2.05) is 0 Å². The standard InChI is InChI=1S/C27H42O3.C6H9N3O5/c1-16-7-12-27(29-15-16)17(2)24-23(30-27)14-22-20-6-5-18-13-19(28)8-10-25(18,3)21(20)9-11-26(22,24)4;7-3(13-5(8)11)1-2-4(10)14-6(9)12/h5,16-17,19-24,28H,6-15H2,1-4H3;7H,1-2H2,(H2,8,11)(H2,9,12)/t16-,17+,19+,20-,21+,22+,23+,24+,25+,26+,27-;/m1./s1. The molecule has 0 unspecified atom stereocenters. The molecular formula is C33H51N3O8. The van der Waals surface area contributed by atoms with Gasteiger partial charge in [-0.25, -0.2) is 9.59 Å². The number of primary amides is 2. The lowest BCUT2D eigenvalue weighted by Gasteiger charge is -2.58. The Kier molecular flexibility index (Phi) is 9.24. The van der Waals surface area contributed by atoms with Crippen molar-refractivity contribution in [3.63, 3.8) is 0 Å². The highest BCUT2D eigenvalue weighted by Crippen LogP contribution is 2.70. The van der Waals surface area contributed by atoms with Crippen molar-refractivity contribution in [2.24, 2.45) is 57.8 Å². The average molecular weight is 618 g/mol. The third-order valence-corrected chi connectivity index (χ3v) is 12.3. The number of fused-ring (bicyclic) bond motifs is 7. The first kappa shape index (κ1) is 32.9. The van der Waals surface area contributed by atoms with E-state index in [1.54, 1.807) is 5.57 Å². The van der Waals surface area contributed by atoms with Crippen molar-refractivity contribution < 1.29 is 38.4 Å². The van der Waals surface area contributed by atoms with Crippen LogP contribution in [0.25, 0.3) is 0 Å². The zero-order valence-corrected chi connectivity index (χ0v) is 26.6. The molecule has 5 fully saturated rings. The molecule has 6 N–H and O–H groups in total. The van der Waals surface area contributed by atoms with Gasteiger partial charge in [-0.1, -0.05) is 39.3 Å². The van der Waals surface area contributed by atoms with Crippen LogP contribution in [0.4, 0.5) is 9.59 Å². The van der Waals surface area contributed by atoms with Crippen LogP contribution in [0.15, 0.2) is 11.6 Å². The van der Waals surface area contributed by atoms with E-state index in [0.717, 1.165) is 43.6 Å². The quantitative estimate of drug-likeness (QED) is 0.110. The summed E-state index contributed by atoms with van der Waals surface area (Å²) in [5.41, 5.74) is 11.4. The number of esters is 1. The maximum atomic E-state index is 10.7. The number of hydrogen-bond donors (Lipinski definition) is 4. The number of nitrogens with one attached hydrogen (secondary N) is 1. The predicted molar refractivity (Wildman–Crippen MR) is 161 cm³/mol. The van der Waals surface area contributed by atoms with E-state index in [9.17, 15) is 19.5 Å². The molecule has 0 aromatic heterocycles. The molecule has 11 nitrogen and oxygen atoms in total. The second kappa shape index (κ2) is 12.4. The molecule has 0 radical (unpaired) electrons. The topological polar surface area (TPSA) is 184 Å². The van der Waals surface area contributed by atoms with E-state index < -0.39 is 24.1 Å². The Morgan fingerprint density at radius 1 is 1.02 bits per heavy atom. The van der Waals surface area contributed by atoms with E-state index in [4.69, 9.17) is 14.9 Å². The lowest BCUT2D eigenvalue weighted by Crippen LogP contribution is -2.52. The molecule has 2 heterocycles. The number of carbonyl (C=O) groups is 3. The van der Waals surface area contributed by atoms with Crippen molar-refractivity contribution in [1.29, 1.82) is 5.41 Å². The molecule has 1 spiro atoms. The average Bonchev–Trinajstić information content (AvgIpc) is 3.39. The number of ether oxygens (including phenoxy) is 4. The summed E-state index contributed by atoms with van der Waals surface area (Å²) in [6.45, 7) is 10.8. The molecule has 11 atom stereocenters. The molecule has 2 saturated heterocycles. The number of carbonyl (C=O) groups excluding carboxylic acids is 3. The molecule has 11 heteroatoms. The molecule has 246 valence electrons. The van der Waals surface area contributed by atoms with Gasteiger partial charge < -0.3 is 35.5 Å². The number of aliphatic hydroxyl groups excluding tert-OH is 1. The van der Waals surface area contributed by atoms with Crippen LogP contribution in [0.3, 0.4) is 0 Å². The number of hydrogen-bond acceptors (Lipinski definition) is 9. The van der Waals surface area contributed by atoms with Gasteiger partial charge in [-0.2, -0.15) is 0 Å². The summed E-state index contributed by atoms with van der Waals surface area (Å²) in [5.74, 6) is 2.54. The fourth-order valence-electron chi connectivity index (χ4n) is 10.2. The minimum Gasteiger partial charge on any atom is -0.396 e. The molecule has 2 aliphatic heterocycles. The minimum atomic E-state index is -1.22. The van der Waals surface area contributed by atoms with Crippen molar-refractivity contribution in [3.05, 3.63) is 11.6 Å². The van der Waals surface area contributed by atoms with Crippen LogP contribution in [0.2, 0.25) is 0 Å². The molecule has 44 heavy (non-hydrogen) atoms. The number of amides is 2. The third-order valence-electron chi connectivity index (χ3n) is 12.3. The van der Waals surface area contributed by atoms with Crippen molar-refractivity contribution in [2.45, 2.75) is 116 Å². The van der Waals surface area contributed by atoms with Gasteiger partial charge in [0, 0.05) is 18.8 Å². The molecule has 6 rings (SSSR count). The van der Waals surface area contributed by atoms with E-state index in [2.05, 4.69) is 54.7 Å². The molecule has 0 bridgehead atoms. The van der Waals surface area contributed by atoms with E-state index >= 15 is 0 Å². The van der Waals surface area contributed by atoms with Gasteiger partial charge >= 0.3 is 18.2 Å². The molecule has 4 aliphatic carbocycles. The highest BCUT2D eigenvalue weighted by Gasteiger charge is 2.68. The Labute approximate surface area is 260 Å². The predicted octanol–water partition coefficient (Wildman–Crippen LogP) is 5.17. The zero-order valence-electron chi connectivity index (χ0n) is 26.6. The van der Waals surface area contributed by atoms with E-state index in [1.165, 1.54) is 38.5 Å². The van der Waals surface area contributed by atoms with Crippen molar-refractivity contribution in [3.8, 4) is 0 Å². The summed E-state index contributed by atoms with van der Waals surface area (Å²) >= 11 is 0. The Bertz CT molecular complexity index is 1150. The summed E-state index contributed by atoms with van der Waals surface area (Å²) in [7, 11) is 0. The maximum absolute atomic E-state index is 10.7. The molecule has 3 saturated carbocycles. The number of aliphatic hydroxyl groups is 1. The highest BCUT2D eigenvalue weighted by atomic mass is 16.7. The van der Waals surface area contributed by atoms with Gasteiger partial charge in [0.2, 0.25) is 0 Å². The van der Waals surface area contributed by atoms with Crippen LogP contribution in [-0.4, -0.2) is 53.8 Å². The monoisotopic (exact) mass is 617 g/mol. The van der Waals surface area contributed by atoms with E-state index in [0.29, 0.717) is 34.7 Å². The smallest absolute Gasteiger partial charge is 0.396 e. The van der Waals surface area contributed by atoms with Gasteiger partial charge in [0.05, 0.1) is 25.2 Å². The molecule has 0 aromatic carbocycles. The molecule has 2 amide bonds. The van der Waals surface area contributed by atoms with Crippen LogP contribution in [0.1, 0.15) is 98.3 Å². The largest absolute Gasteiger partial charge is 0.412 e. The zero-order chi connectivity index (χ0) is 32.0. The van der Waals surface area contributed by atoms with Gasteiger partial charge in [-0.15, -0.1) is 0 Å². The SMILES string of the molecule is C[C@@H]1CC[C@@]2(OC1)O[C@H]1C[C@H]3[C@@H]4CC=C5C[C@@H](O)CC[C@]5(C)[C@H]4CC[C@]3(C)[C@H]1[C@@H]2C.N=C(CCC(=O)OC(N)=O)OC(N)=O. The Balaban J connectivity index is 0.000000235. The summed E-state index contributed by atoms with van der Waals surface area (Å²) in [5, 5.41) is 17.2. The molecule has 6 aliphatic rings. The van der Waals surface area contributed by atoms with Crippen LogP contribution in [-0.2, 0) is 23.7 Å². The first-order valence-corrected chi connectivity index (χ1v) is 16.4. The van der Waals surface area contributed by atoms with Gasteiger partial charge in [0.1, 0.15) is 0 Å². The summed E-state index contributed by atoms with van der Waals surface area (Å²) in [6.07, 6.45) is 10.6. The summed E-state index contributed by atoms with van der Waals surface area (Å²) in [6, 6.07) is 0. The lowest BCUT2D eigenvalue weighted by molar-refractivity contribution is -0.272. The Morgan fingerprint density at radius 3 is 2.41 bits per heavy atom. The van der Waals surface area contributed by atoms with Crippen molar-refractivity contribution >= 4 is 24.1 Å². The van der Waals surface area contributed by atoms with Gasteiger partial charge in [0.25, 0.3) is 0 Å². The number of allylic oxidation sites excluding steroid dienone is 1. The second-order valence-electron chi connectivity index (χ2n) is 14.8. The van der Waals surface area contributed by atoms with Crippen LogP contribution >= 0.6 is 0 Å². The summed E-state index contributed by atoms with van der Waals surface area (Å²) in [4.78, 5) is 30.8. The summed E-state index contributed by atoms with van der Waals surface area (Å²) < 4.78 is 21.4. The minimum absolute atomic E-state index is 0.107. The molecule has 0 aromatic rings. The third kappa shape index (κ3) is 6.03. The lowest BCUT2D eigenvalue weighted by atomic mass is 9.47. The molecular weight excluding hydrogens is 566 g/mol. The fourth-order valence-corrected chi connectivity index (χ4v) is 10.2. The first-order chi connectivity index (χ1) is 20.7. The van der Waals surface area contributed by atoms with Crippen molar-refractivity contribution in [2.75, 3.05) is 6.61 Å². The number of rotatable bonds is 3. The van der Waals surface area contributed by atoms with Crippen LogP contribution in [0.5, 0.6) is 0 Å². The number of nitrogens with two attached hydrogens (primary N) is 2. The maximum Gasteiger partial charge on any atom is 0.412 e. The van der Waals surface area contributed by atoms with Crippen molar-refractivity contribution in [1.82, 2.24) is 0 Å². The van der Waals surface area contributed by atoms with Gasteiger partial charge in [0.15, 0.2) is 11.7 Å². The highest BCUT2D eigenvalue weighted by molar-refractivity contribution is 5.89. The van der Waals surface area contributed by atoms with Crippen LogP contribution in [0, 0.1) is 51.7 Å². The normalized spacial score (nSPS) is 43.6.